The van der Waals surface area contributed by atoms with Crippen molar-refractivity contribution in [2.45, 2.75) is 0 Å². The van der Waals surface area contributed by atoms with Crippen LogP contribution in [-0.2, 0) is 0 Å². The number of aromatic hydroxyl groups is 2. The summed E-state index contributed by atoms with van der Waals surface area (Å²) >= 11 is 0. The summed E-state index contributed by atoms with van der Waals surface area (Å²) in [6, 6.07) is 6.14. The van der Waals surface area contributed by atoms with Crippen molar-refractivity contribution in [3.63, 3.8) is 0 Å². The van der Waals surface area contributed by atoms with Crippen LogP contribution in [0, 0.1) is 0 Å². The van der Waals surface area contributed by atoms with Crippen molar-refractivity contribution in [3.8, 4) is 22.8 Å². The molecule has 5 N–H and O–H groups in total. The SMILES string of the molecule is Nc1cc(-c2ccc(O)c(O)c2)[nH]n1. The minimum atomic E-state index is -0.171. The highest BCUT2D eigenvalue weighted by atomic mass is 16.3. The Morgan fingerprint density at radius 3 is 2.50 bits per heavy atom. The zero-order chi connectivity index (χ0) is 10.1. The van der Waals surface area contributed by atoms with Gasteiger partial charge in [-0.25, -0.2) is 0 Å². The van der Waals surface area contributed by atoms with Crippen molar-refractivity contribution in [3.05, 3.63) is 24.3 Å². The summed E-state index contributed by atoms with van der Waals surface area (Å²) in [5, 5.41) is 24.8. The quantitative estimate of drug-likeness (QED) is 0.507. The topological polar surface area (TPSA) is 95.2 Å². The smallest absolute Gasteiger partial charge is 0.158 e. The van der Waals surface area contributed by atoms with Crippen LogP contribution in [0.3, 0.4) is 0 Å². The summed E-state index contributed by atoms with van der Waals surface area (Å²) < 4.78 is 0. The molecule has 0 radical (unpaired) electrons. The number of aromatic nitrogens is 2. The molecule has 0 aliphatic carbocycles. The van der Waals surface area contributed by atoms with Crippen LogP contribution in [0.25, 0.3) is 11.3 Å². The molecule has 0 saturated heterocycles. The summed E-state index contributed by atoms with van der Waals surface area (Å²) in [4.78, 5) is 0. The van der Waals surface area contributed by atoms with Crippen molar-refractivity contribution in [1.29, 1.82) is 0 Å². The Bertz CT molecular complexity index is 465. The van der Waals surface area contributed by atoms with E-state index in [1.807, 2.05) is 0 Å². The van der Waals surface area contributed by atoms with Gasteiger partial charge in [-0.05, 0) is 18.2 Å². The van der Waals surface area contributed by atoms with Gasteiger partial charge in [-0.3, -0.25) is 5.10 Å². The first-order chi connectivity index (χ1) is 6.66. The molecule has 0 fully saturated rings. The van der Waals surface area contributed by atoms with Gasteiger partial charge in [0.15, 0.2) is 11.5 Å². The lowest BCUT2D eigenvalue weighted by molar-refractivity contribution is 0.404. The lowest BCUT2D eigenvalue weighted by Crippen LogP contribution is -1.81. The van der Waals surface area contributed by atoms with Crippen LogP contribution < -0.4 is 5.73 Å². The minimum Gasteiger partial charge on any atom is -0.504 e. The Kier molecular flexibility index (Phi) is 1.78. The van der Waals surface area contributed by atoms with E-state index in [1.165, 1.54) is 12.1 Å². The number of nitrogens with zero attached hydrogens (tertiary/aromatic N) is 1. The van der Waals surface area contributed by atoms with Crippen molar-refractivity contribution >= 4 is 5.82 Å². The molecular weight excluding hydrogens is 182 g/mol. The van der Waals surface area contributed by atoms with Gasteiger partial charge >= 0.3 is 0 Å². The van der Waals surface area contributed by atoms with Gasteiger partial charge < -0.3 is 15.9 Å². The molecule has 5 heteroatoms. The number of nitrogen functional groups attached to an aromatic ring is 1. The molecule has 1 aromatic carbocycles. The van der Waals surface area contributed by atoms with Crippen LogP contribution in [0.15, 0.2) is 24.3 Å². The van der Waals surface area contributed by atoms with Crippen molar-refractivity contribution in [2.75, 3.05) is 5.73 Å². The molecule has 1 aromatic heterocycles. The first kappa shape index (κ1) is 8.43. The Morgan fingerprint density at radius 2 is 1.93 bits per heavy atom. The van der Waals surface area contributed by atoms with Crippen molar-refractivity contribution < 1.29 is 10.2 Å². The standard InChI is InChI=1S/C9H9N3O2/c10-9-4-6(11-12-9)5-1-2-7(13)8(14)3-5/h1-4,13-14H,(H3,10,11,12). The van der Waals surface area contributed by atoms with E-state index in [9.17, 15) is 5.11 Å². The van der Waals surface area contributed by atoms with Gasteiger partial charge in [0.2, 0.25) is 0 Å². The van der Waals surface area contributed by atoms with Gasteiger partial charge in [0, 0.05) is 11.6 Å². The number of phenolic OH excluding ortho intramolecular Hbond substituents is 2. The molecule has 5 nitrogen and oxygen atoms in total. The maximum absolute atomic E-state index is 9.25. The molecule has 0 bridgehead atoms. The molecule has 0 aliphatic rings. The van der Waals surface area contributed by atoms with E-state index in [0.717, 1.165) is 0 Å². The van der Waals surface area contributed by atoms with Crippen molar-refractivity contribution in [1.82, 2.24) is 10.2 Å². The highest BCUT2D eigenvalue weighted by molar-refractivity contribution is 5.65. The highest BCUT2D eigenvalue weighted by Crippen LogP contribution is 2.29. The predicted molar refractivity (Wildman–Crippen MR) is 51.8 cm³/mol. The normalized spacial score (nSPS) is 10.3. The largest absolute Gasteiger partial charge is 0.504 e. The van der Waals surface area contributed by atoms with E-state index < -0.39 is 0 Å². The number of anilines is 1. The average molecular weight is 191 g/mol. The summed E-state index contributed by atoms with van der Waals surface area (Å²) in [6.45, 7) is 0. The van der Waals surface area contributed by atoms with Gasteiger partial charge in [-0.1, -0.05) is 0 Å². The first-order valence-electron chi connectivity index (χ1n) is 4.00. The van der Waals surface area contributed by atoms with Crippen LogP contribution in [0.1, 0.15) is 0 Å². The van der Waals surface area contributed by atoms with Gasteiger partial charge in [0.05, 0.1) is 5.69 Å². The number of nitrogens with two attached hydrogens (primary N) is 1. The Morgan fingerprint density at radius 1 is 1.14 bits per heavy atom. The van der Waals surface area contributed by atoms with E-state index in [0.29, 0.717) is 17.1 Å². The Hall–Kier alpha value is -2.17. The fourth-order valence-corrected chi connectivity index (χ4v) is 1.18. The Labute approximate surface area is 79.8 Å². The van der Waals surface area contributed by atoms with Gasteiger partial charge in [0.1, 0.15) is 5.82 Å². The third-order valence-electron chi connectivity index (χ3n) is 1.88. The summed E-state index contributed by atoms with van der Waals surface area (Å²) in [6.07, 6.45) is 0. The molecule has 0 unspecified atom stereocenters. The van der Waals surface area contributed by atoms with E-state index in [4.69, 9.17) is 10.8 Å². The number of hydrogen-bond donors (Lipinski definition) is 4. The maximum Gasteiger partial charge on any atom is 0.158 e. The zero-order valence-electron chi connectivity index (χ0n) is 7.23. The molecule has 0 spiro atoms. The maximum atomic E-state index is 9.25. The van der Waals surface area contributed by atoms with Crippen LogP contribution in [0.2, 0.25) is 0 Å². The van der Waals surface area contributed by atoms with Gasteiger partial charge in [-0.15, -0.1) is 0 Å². The fourth-order valence-electron chi connectivity index (χ4n) is 1.18. The molecule has 0 atom stereocenters. The number of rotatable bonds is 1. The zero-order valence-corrected chi connectivity index (χ0v) is 7.23. The molecule has 2 aromatic rings. The minimum absolute atomic E-state index is 0.152. The summed E-state index contributed by atoms with van der Waals surface area (Å²) in [7, 11) is 0. The number of H-pyrrole nitrogens is 1. The van der Waals surface area contributed by atoms with Gasteiger partial charge in [-0.2, -0.15) is 5.10 Å². The van der Waals surface area contributed by atoms with Crippen LogP contribution in [0.5, 0.6) is 11.5 Å². The molecule has 1 heterocycles. The number of hydrogen-bond acceptors (Lipinski definition) is 4. The summed E-state index contributed by atoms with van der Waals surface area (Å²) in [5.41, 5.74) is 6.83. The second kappa shape index (κ2) is 2.95. The Balaban J connectivity index is 2.47. The lowest BCUT2D eigenvalue weighted by Gasteiger charge is -2.00. The molecule has 0 aliphatic heterocycles. The predicted octanol–water partition coefficient (Wildman–Crippen LogP) is 1.07. The number of benzene rings is 1. The number of phenols is 2. The second-order valence-corrected chi connectivity index (χ2v) is 2.91. The van der Waals surface area contributed by atoms with E-state index >= 15 is 0 Å². The molecule has 14 heavy (non-hydrogen) atoms. The third-order valence-corrected chi connectivity index (χ3v) is 1.88. The van der Waals surface area contributed by atoms with Gasteiger partial charge in [0.25, 0.3) is 0 Å². The lowest BCUT2D eigenvalue weighted by atomic mass is 10.1. The van der Waals surface area contributed by atoms with Crippen LogP contribution >= 0.6 is 0 Å². The molecule has 2 rings (SSSR count). The molecule has 0 saturated carbocycles. The van der Waals surface area contributed by atoms with Crippen LogP contribution in [0.4, 0.5) is 5.82 Å². The average Bonchev–Trinajstić information content (AvgIpc) is 2.57. The first-order valence-corrected chi connectivity index (χ1v) is 4.00. The van der Waals surface area contributed by atoms with Crippen molar-refractivity contribution in [2.24, 2.45) is 0 Å². The second-order valence-electron chi connectivity index (χ2n) is 2.91. The third kappa shape index (κ3) is 1.35. The highest BCUT2D eigenvalue weighted by Gasteiger charge is 2.04. The van der Waals surface area contributed by atoms with E-state index in [-0.39, 0.29) is 11.5 Å². The fraction of sp³-hybridized carbons (Fsp3) is 0. The van der Waals surface area contributed by atoms with E-state index in [2.05, 4.69) is 10.2 Å². The molecule has 72 valence electrons. The number of aromatic amines is 1. The molecular formula is C9H9N3O2. The van der Waals surface area contributed by atoms with E-state index in [1.54, 1.807) is 12.1 Å². The van der Waals surface area contributed by atoms with Crippen LogP contribution in [-0.4, -0.2) is 20.4 Å². The summed E-state index contributed by atoms with van der Waals surface area (Å²) in [5.74, 6) is 0.0597. The monoisotopic (exact) mass is 191 g/mol. The number of nitrogens with one attached hydrogen (secondary N) is 1. The molecule has 0 amide bonds.